The Hall–Kier alpha value is -1.12. The molecule has 1 aromatic rings. The van der Waals surface area contributed by atoms with Gasteiger partial charge in [0.15, 0.2) is 5.82 Å². The minimum absolute atomic E-state index is 0.0810. The van der Waals surface area contributed by atoms with Gasteiger partial charge in [-0.05, 0) is 0 Å². The van der Waals surface area contributed by atoms with Crippen LogP contribution in [0.15, 0.2) is 4.52 Å². The molecule has 0 saturated heterocycles. The third-order valence-electron chi connectivity index (χ3n) is 1.71. The number of hydrogen-bond acceptors (Lipinski definition) is 6. The molecule has 92 valence electrons. The Bertz CT molecular complexity index is 308. The lowest BCUT2D eigenvalue weighted by atomic mass is 10.3. The van der Waals surface area contributed by atoms with Crippen LogP contribution in [0.4, 0.5) is 8.78 Å². The molecule has 1 aromatic heterocycles. The van der Waals surface area contributed by atoms with E-state index in [4.69, 9.17) is 15.4 Å². The molecule has 0 spiro atoms. The molecule has 0 fully saturated rings. The van der Waals surface area contributed by atoms with E-state index < -0.39 is 19.1 Å². The molecule has 1 heterocycles. The Morgan fingerprint density at radius 1 is 1.50 bits per heavy atom. The quantitative estimate of drug-likeness (QED) is 0.642. The summed E-state index contributed by atoms with van der Waals surface area (Å²) >= 11 is 0. The number of halogens is 2. The van der Waals surface area contributed by atoms with Crippen LogP contribution in [0.25, 0.3) is 0 Å². The van der Waals surface area contributed by atoms with Crippen LogP contribution in [0.5, 0.6) is 0 Å². The zero-order valence-electron chi connectivity index (χ0n) is 8.47. The molecule has 16 heavy (non-hydrogen) atoms. The lowest BCUT2D eigenvalue weighted by Gasteiger charge is -2.00. The van der Waals surface area contributed by atoms with Gasteiger partial charge in [-0.2, -0.15) is 4.98 Å². The van der Waals surface area contributed by atoms with Gasteiger partial charge in [0.2, 0.25) is 5.89 Å². The molecule has 0 amide bonds. The van der Waals surface area contributed by atoms with Gasteiger partial charge in [0.25, 0.3) is 6.43 Å². The molecule has 8 heteroatoms. The summed E-state index contributed by atoms with van der Waals surface area (Å²) in [6, 6.07) is -0.719. The summed E-state index contributed by atoms with van der Waals surface area (Å²) in [5.41, 5.74) is 5.43. The van der Waals surface area contributed by atoms with Gasteiger partial charge in [-0.3, -0.25) is 0 Å². The molecular formula is C8H13F2N3O3. The molecule has 0 aliphatic rings. The molecule has 0 aromatic carbocycles. The van der Waals surface area contributed by atoms with Gasteiger partial charge in [0.1, 0.15) is 12.6 Å². The molecule has 0 radical (unpaired) electrons. The predicted molar refractivity (Wildman–Crippen MR) is 48.8 cm³/mol. The largest absolute Gasteiger partial charge is 0.394 e. The molecule has 0 aliphatic heterocycles. The maximum atomic E-state index is 11.7. The fraction of sp³-hybridized carbons (Fsp3) is 0.750. The maximum Gasteiger partial charge on any atom is 0.261 e. The number of nitrogens with zero attached hydrogens (tertiary/aromatic N) is 2. The SMILES string of the molecule is N[C@@H](CO)c1nc(CCOCC(F)F)no1. The highest BCUT2D eigenvalue weighted by Gasteiger charge is 2.13. The molecular weight excluding hydrogens is 224 g/mol. The zero-order chi connectivity index (χ0) is 12.0. The summed E-state index contributed by atoms with van der Waals surface area (Å²) in [5, 5.41) is 12.3. The normalized spacial score (nSPS) is 13.3. The van der Waals surface area contributed by atoms with Crippen molar-refractivity contribution in [3.63, 3.8) is 0 Å². The number of aliphatic hydroxyl groups is 1. The average molecular weight is 237 g/mol. The van der Waals surface area contributed by atoms with Crippen LogP contribution in [0.1, 0.15) is 17.8 Å². The molecule has 0 unspecified atom stereocenters. The fourth-order valence-corrected chi connectivity index (χ4v) is 0.934. The third kappa shape index (κ3) is 4.17. The van der Waals surface area contributed by atoms with E-state index in [1.807, 2.05) is 0 Å². The monoisotopic (exact) mass is 237 g/mol. The summed E-state index contributed by atoms with van der Waals surface area (Å²) < 4.78 is 32.8. The highest BCUT2D eigenvalue weighted by molar-refractivity contribution is 4.91. The van der Waals surface area contributed by atoms with E-state index in [0.717, 1.165) is 0 Å². The van der Waals surface area contributed by atoms with E-state index in [1.54, 1.807) is 0 Å². The van der Waals surface area contributed by atoms with Crippen molar-refractivity contribution < 1.29 is 23.1 Å². The number of nitrogens with two attached hydrogens (primary N) is 1. The van der Waals surface area contributed by atoms with Crippen molar-refractivity contribution >= 4 is 0 Å². The van der Waals surface area contributed by atoms with Gasteiger partial charge in [0.05, 0.1) is 13.2 Å². The van der Waals surface area contributed by atoms with Crippen LogP contribution in [-0.4, -0.2) is 41.5 Å². The molecule has 1 rings (SSSR count). The topological polar surface area (TPSA) is 94.4 Å². The first-order valence-corrected chi connectivity index (χ1v) is 4.68. The van der Waals surface area contributed by atoms with Crippen molar-refractivity contribution in [1.29, 1.82) is 0 Å². The van der Waals surface area contributed by atoms with Crippen LogP contribution in [-0.2, 0) is 11.2 Å². The van der Waals surface area contributed by atoms with Crippen LogP contribution in [0.3, 0.4) is 0 Å². The van der Waals surface area contributed by atoms with Crippen LogP contribution >= 0.6 is 0 Å². The minimum Gasteiger partial charge on any atom is -0.394 e. The van der Waals surface area contributed by atoms with E-state index in [9.17, 15) is 8.78 Å². The molecule has 6 nitrogen and oxygen atoms in total. The van der Waals surface area contributed by atoms with Crippen LogP contribution < -0.4 is 5.73 Å². The first-order chi connectivity index (χ1) is 7.63. The second-order valence-electron chi connectivity index (χ2n) is 3.05. The van der Waals surface area contributed by atoms with E-state index in [1.165, 1.54) is 0 Å². The summed E-state index contributed by atoms with van der Waals surface area (Å²) in [6.45, 7) is -0.831. The third-order valence-corrected chi connectivity index (χ3v) is 1.71. The summed E-state index contributed by atoms with van der Waals surface area (Å²) in [4.78, 5) is 3.87. The maximum absolute atomic E-state index is 11.7. The van der Waals surface area contributed by atoms with E-state index in [2.05, 4.69) is 14.9 Å². The summed E-state index contributed by atoms with van der Waals surface area (Å²) in [7, 11) is 0. The van der Waals surface area contributed by atoms with Gasteiger partial charge in [0, 0.05) is 6.42 Å². The lowest BCUT2D eigenvalue weighted by molar-refractivity contribution is 0.0182. The van der Waals surface area contributed by atoms with Gasteiger partial charge in [-0.25, -0.2) is 8.78 Å². The molecule has 0 bridgehead atoms. The molecule has 1 atom stereocenters. The van der Waals surface area contributed by atoms with E-state index in [-0.39, 0.29) is 25.5 Å². The van der Waals surface area contributed by atoms with Crippen molar-refractivity contribution in [3.8, 4) is 0 Å². The van der Waals surface area contributed by atoms with Crippen molar-refractivity contribution in [2.45, 2.75) is 18.9 Å². The fourth-order valence-electron chi connectivity index (χ4n) is 0.934. The Balaban J connectivity index is 2.29. The smallest absolute Gasteiger partial charge is 0.261 e. The Morgan fingerprint density at radius 2 is 2.25 bits per heavy atom. The van der Waals surface area contributed by atoms with Gasteiger partial charge < -0.3 is 20.1 Å². The van der Waals surface area contributed by atoms with Gasteiger partial charge in [-0.15, -0.1) is 0 Å². The second-order valence-corrected chi connectivity index (χ2v) is 3.05. The van der Waals surface area contributed by atoms with Gasteiger partial charge >= 0.3 is 0 Å². The molecule has 0 aliphatic carbocycles. The average Bonchev–Trinajstić information content (AvgIpc) is 2.71. The predicted octanol–water partition coefficient (Wildman–Crippen LogP) is -0.114. The van der Waals surface area contributed by atoms with Crippen molar-refractivity contribution in [2.24, 2.45) is 5.73 Å². The van der Waals surface area contributed by atoms with Crippen LogP contribution in [0, 0.1) is 0 Å². The number of aromatic nitrogens is 2. The number of aliphatic hydroxyl groups excluding tert-OH is 1. The van der Waals surface area contributed by atoms with Gasteiger partial charge in [-0.1, -0.05) is 5.16 Å². The number of hydrogen-bond donors (Lipinski definition) is 2. The van der Waals surface area contributed by atoms with Crippen molar-refractivity contribution in [2.75, 3.05) is 19.8 Å². The Labute approximate surface area is 90.4 Å². The van der Waals surface area contributed by atoms with E-state index in [0.29, 0.717) is 5.82 Å². The highest BCUT2D eigenvalue weighted by atomic mass is 19.3. The Morgan fingerprint density at radius 3 is 2.88 bits per heavy atom. The summed E-state index contributed by atoms with van der Waals surface area (Å²) in [5.74, 6) is 0.430. The number of ether oxygens (including phenoxy) is 1. The molecule has 0 saturated carbocycles. The first kappa shape index (κ1) is 12.9. The number of alkyl halides is 2. The standard InChI is InChI=1S/C8H13F2N3O3/c9-6(10)4-15-2-1-7-12-8(16-13-7)5(11)3-14/h5-6,14H,1-4,11H2/t5-/m0/s1. The van der Waals surface area contributed by atoms with Crippen molar-refractivity contribution in [3.05, 3.63) is 11.7 Å². The minimum atomic E-state index is -2.48. The second kappa shape index (κ2) is 6.46. The molecule has 3 N–H and O–H groups in total. The highest BCUT2D eigenvalue weighted by Crippen LogP contribution is 2.06. The number of rotatable bonds is 7. The first-order valence-electron chi connectivity index (χ1n) is 4.68. The lowest BCUT2D eigenvalue weighted by Crippen LogP contribution is -2.15. The Kier molecular flexibility index (Phi) is 5.23. The van der Waals surface area contributed by atoms with Crippen molar-refractivity contribution in [1.82, 2.24) is 10.1 Å². The summed E-state index contributed by atoms with van der Waals surface area (Å²) in [6.07, 6.45) is -2.22. The zero-order valence-corrected chi connectivity index (χ0v) is 8.47. The van der Waals surface area contributed by atoms with Crippen LogP contribution in [0.2, 0.25) is 0 Å². The van der Waals surface area contributed by atoms with E-state index >= 15 is 0 Å².